The molecule has 1 aromatic carbocycles. The normalized spacial score (nSPS) is 18.4. The van der Waals surface area contributed by atoms with Gasteiger partial charge in [-0.15, -0.1) is 0 Å². The van der Waals surface area contributed by atoms with Crippen molar-refractivity contribution in [3.63, 3.8) is 0 Å². The Morgan fingerprint density at radius 3 is 2.74 bits per heavy atom. The zero-order valence-corrected chi connectivity index (χ0v) is 17.6. The lowest BCUT2D eigenvalue weighted by molar-refractivity contribution is 0.0354. The Labute approximate surface area is 180 Å². The molecule has 4 aromatic rings. The Hall–Kier alpha value is -3.58. The first-order valence-corrected chi connectivity index (χ1v) is 10.4. The first kappa shape index (κ1) is 19.4. The maximum absolute atomic E-state index is 11.4. The van der Waals surface area contributed by atoms with Crippen LogP contribution in [0.4, 0.5) is 0 Å². The SMILES string of the molecule is Cc1cn(-c2ccc(/C=C/c3nc4n(n3)CCC[C@@]4(O)c3ccccn3)cc2C)cn1. The van der Waals surface area contributed by atoms with Crippen LogP contribution in [-0.2, 0) is 12.1 Å². The largest absolute Gasteiger partial charge is 0.375 e. The van der Waals surface area contributed by atoms with E-state index in [0.717, 1.165) is 35.5 Å². The summed E-state index contributed by atoms with van der Waals surface area (Å²) >= 11 is 0. The standard InChI is InChI=1S/C24H24N6O/c1-17-14-19(7-9-20(17)29-15-18(2)26-16-29)8-10-22-27-23-24(31,11-5-13-30(23)28-22)21-6-3-4-12-25-21/h3-4,6-10,12,14-16,31H,5,11,13H2,1-2H3/b10-8+/t24-/m1/s1. The van der Waals surface area contributed by atoms with E-state index in [1.165, 1.54) is 0 Å². The molecule has 0 bridgehead atoms. The summed E-state index contributed by atoms with van der Waals surface area (Å²) in [7, 11) is 0. The van der Waals surface area contributed by atoms with E-state index in [9.17, 15) is 5.11 Å². The molecule has 0 aliphatic carbocycles. The number of imidazole rings is 1. The van der Waals surface area contributed by atoms with Crippen LogP contribution in [-0.4, -0.2) is 34.4 Å². The molecule has 4 heterocycles. The van der Waals surface area contributed by atoms with Crippen molar-refractivity contribution in [1.29, 1.82) is 0 Å². The zero-order chi connectivity index (χ0) is 21.4. The second kappa shape index (κ2) is 7.59. The highest BCUT2D eigenvalue weighted by atomic mass is 16.3. The fourth-order valence-corrected chi connectivity index (χ4v) is 4.13. The Morgan fingerprint density at radius 1 is 1.10 bits per heavy atom. The molecular formula is C24H24N6O. The maximum Gasteiger partial charge on any atom is 0.174 e. The summed E-state index contributed by atoms with van der Waals surface area (Å²) in [6.45, 7) is 4.81. The number of fused-ring (bicyclic) bond motifs is 1. The second-order valence-electron chi connectivity index (χ2n) is 8.00. The van der Waals surface area contributed by atoms with Gasteiger partial charge in [0.15, 0.2) is 17.2 Å². The Morgan fingerprint density at radius 2 is 2.00 bits per heavy atom. The molecule has 1 atom stereocenters. The minimum absolute atomic E-state index is 0.555. The van der Waals surface area contributed by atoms with Crippen LogP contribution in [0.15, 0.2) is 55.1 Å². The van der Waals surface area contributed by atoms with E-state index >= 15 is 0 Å². The molecule has 1 aliphatic heterocycles. The van der Waals surface area contributed by atoms with Gasteiger partial charge in [0.25, 0.3) is 0 Å². The van der Waals surface area contributed by atoms with Gasteiger partial charge in [-0.3, -0.25) is 4.98 Å². The average Bonchev–Trinajstić information content (AvgIpc) is 3.40. The summed E-state index contributed by atoms with van der Waals surface area (Å²) in [6, 6.07) is 11.8. The average molecular weight is 412 g/mol. The van der Waals surface area contributed by atoms with Gasteiger partial charge in [0.05, 0.1) is 17.7 Å². The first-order valence-electron chi connectivity index (χ1n) is 10.4. The van der Waals surface area contributed by atoms with E-state index in [1.807, 2.05) is 54.4 Å². The van der Waals surface area contributed by atoms with Crippen molar-refractivity contribution >= 4 is 12.2 Å². The molecule has 0 radical (unpaired) electrons. The van der Waals surface area contributed by atoms with E-state index in [2.05, 4.69) is 45.2 Å². The van der Waals surface area contributed by atoms with Gasteiger partial charge < -0.3 is 9.67 Å². The summed E-state index contributed by atoms with van der Waals surface area (Å²) in [6.07, 6.45) is 10.8. The molecule has 1 aliphatic rings. The Kier molecular flexibility index (Phi) is 4.75. The molecule has 7 nitrogen and oxygen atoms in total. The highest BCUT2D eigenvalue weighted by Gasteiger charge is 2.40. The van der Waals surface area contributed by atoms with Gasteiger partial charge in [0, 0.05) is 24.6 Å². The van der Waals surface area contributed by atoms with Crippen LogP contribution in [0.25, 0.3) is 17.8 Å². The minimum atomic E-state index is -1.21. The molecule has 1 N–H and O–H groups in total. The Bertz CT molecular complexity index is 1260. The number of pyridine rings is 1. The van der Waals surface area contributed by atoms with Crippen molar-refractivity contribution < 1.29 is 5.11 Å². The van der Waals surface area contributed by atoms with Gasteiger partial charge in [0.1, 0.15) is 0 Å². The lowest BCUT2D eigenvalue weighted by atomic mass is 9.90. The lowest BCUT2D eigenvalue weighted by Crippen LogP contribution is -2.36. The third-order valence-corrected chi connectivity index (χ3v) is 5.69. The zero-order valence-electron chi connectivity index (χ0n) is 17.6. The van der Waals surface area contributed by atoms with Gasteiger partial charge >= 0.3 is 0 Å². The van der Waals surface area contributed by atoms with Crippen LogP contribution in [0, 0.1) is 13.8 Å². The van der Waals surface area contributed by atoms with E-state index in [1.54, 1.807) is 10.9 Å². The van der Waals surface area contributed by atoms with E-state index in [4.69, 9.17) is 0 Å². The summed E-state index contributed by atoms with van der Waals surface area (Å²) in [5.41, 5.74) is 3.71. The number of hydrogen-bond donors (Lipinski definition) is 1. The number of aryl methyl sites for hydroxylation is 3. The van der Waals surface area contributed by atoms with E-state index in [0.29, 0.717) is 23.8 Å². The van der Waals surface area contributed by atoms with E-state index in [-0.39, 0.29) is 0 Å². The van der Waals surface area contributed by atoms with Gasteiger partial charge in [-0.1, -0.05) is 18.2 Å². The smallest absolute Gasteiger partial charge is 0.174 e. The molecule has 7 heteroatoms. The van der Waals surface area contributed by atoms with Crippen LogP contribution in [0.5, 0.6) is 0 Å². The molecule has 0 unspecified atom stereocenters. The molecular weight excluding hydrogens is 388 g/mol. The monoisotopic (exact) mass is 412 g/mol. The minimum Gasteiger partial charge on any atom is -0.375 e. The fourth-order valence-electron chi connectivity index (χ4n) is 4.13. The molecule has 31 heavy (non-hydrogen) atoms. The number of aromatic nitrogens is 6. The topological polar surface area (TPSA) is 81.7 Å². The number of rotatable bonds is 4. The summed E-state index contributed by atoms with van der Waals surface area (Å²) < 4.78 is 3.83. The van der Waals surface area contributed by atoms with Crippen molar-refractivity contribution in [1.82, 2.24) is 29.3 Å². The van der Waals surface area contributed by atoms with Gasteiger partial charge in [-0.2, -0.15) is 5.10 Å². The van der Waals surface area contributed by atoms with Crippen LogP contribution in [0.2, 0.25) is 0 Å². The Balaban J connectivity index is 1.42. The highest BCUT2D eigenvalue weighted by molar-refractivity contribution is 5.68. The quantitative estimate of drug-likeness (QED) is 0.553. The highest BCUT2D eigenvalue weighted by Crippen LogP contribution is 2.35. The number of nitrogens with zero attached hydrogens (tertiary/aromatic N) is 6. The number of hydrogen-bond acceptors (Lipinski definition) is 5. The molecule has 0 spiro atoms. The van der Waals surface area contributed by atoms with E-state index < -0.39 is 5.60 Å². The van der Waals surface area contributed by atoms with Gasteiger partial charge in [0.2, 0.25) is 0 Å². The van der Waals surface area contributed by atoms with Crippen molar-refractivity contribution in [2.24, 2.45) is 0 Å². The van der Waals surface area contributed by atoms with Gasteiger partial charge in [-0.25, -0.2) is 14.6 Å². The van der Waals surface area contributed by atoms with Crippen molar-refractivity contribution in [3.05, 3.63) is 89.3 Å². The lowest BCUT2D eigenvalue weighted by Gasteiger charge is -2.30. The predicted octanol–water partition coefficient (Wildman–Crippen LogP) is 3.68. The molecule has 5 rings (SSSR count). The molecule has 0 saturated heterocycles. The summed E-state index contributed by atoms with van der Waals surface area (Å²) in [5, 5.41) is 15.9. The predicted molar refractivity (Wildman–Crippen MR) is 118 cm³/mol. The fraction of sp³-hybridized carbons (Fsp3) is 0.250. The van der Waals surface area contributed by atoms with Crippen LogP contribution < -0.4 is 0 Å². The first-order chi connectivity index (χ1) is 15.0. The van der Waals surface area contributed by atoms with Crippen LogP contribution in [0.1, 0.15) is 47.0 Å². The van der Waals surface area contributed by atoms with Crippen molar-refractivity contribution in [3.8, 4) is 5.69 Å². The second-order valence-corrected chi connectivity index (χ2v) is 8.00. The molecule has 0 amide bonds. The molecule has 0 fully saturated rings. The molecule has 3 aromatic heterocycles. The van der Waals surface area contributed by atoms with Crippen LogP contribution in [0.3, 0.4) is 0 Å². The van der Waals surface area contributed by atoms with Crippen molar-refractivity contribution in [2.45, 2.75) is 38.8 Å². The molecule has 0 saturated carbocycles. The number of benzene rings is 1. The molecule has 156 valence electrons. The van der Waals surface area contributed by atoms with Gasteiger partial charge in [-0.05, 0) is 68.2 Å². The number of aliphatic hydroxyl groups is 1. The van der Waals surface area contributed by atoms with Crippen LogP contribution >= 0.6 is 0 Å². The maximum atomic E-state index is 11.4. The summed E-state index contributed by atoms with van der Waals surface area (Å²) in [4.78, 5) is 13.3. The third kappa shape index (κ3) is 3.57. The van der Waals surface area contributed by atoms with Crippen molar-refractivity contribution in [2.75, 3.05) is 0 Å². The third-order valence-electron chi connectivity index (χ3n) is 5.69. The summed E-state index contributed by atoms with van der Waals surface area (Å²) in [5.74, 6) is 1.14.